The lowest BCUT2D eigenvalue weighted by atomic mass is 10.0. The SMILES string of the molecule is CC1(C)Cc2cccc(OCc3cnc(Cl)s3)c2O1. The minimum atomic E-state index is -0.157. The van der Waals surface area contributed by atoms with Crippen LogP contribution in [-0.2, 0) is 13.0 Å². The van der Waals surface area contributed by atoms with Gasteiger partial charge in [-0.15, -0.1) is 11.3 Å². The number of nitrogens with zero attached hydrogens (tertiary/aromatic N) is 1. The van der Waals surface area contributed by atoms with E-state index in [1.54, 1.807) is 6.20 Å². The van der Waals surface area contributed by atoms with Crippen LogP contribution in [0, 0.1) is 0 Å². The second-order valence-electron chi connectivity index (χ2n) is 5.15. The van der Waals surface area contributed by atoms with Crippen molar-refractivity contribution in [3.05, 3.63) is 39.3 Å². The molecule has 0 amide bonds. The molecule has 2 heterocycles. The number of aromatic nitrogens is 1. The van der Waals surface area contributed by atoms with Crippen LogP contribution in [0.2, 0.25) is 4.47 Å². The molecule has 3 rings (SSSR count). The Morgan fingerprint density at radius 3 is 3.05 bits per heavy atom. The summed E-state index contributed by atoms with van der Waals surface area (Å²) in [6, 6.07) is 6.02. The smallest absolute Gasteiger partial charge is 0.183 e. The number of fused-ring (bicyclic) bond motifs is 1. The number of thiazole rings is 1. The van der Waals surface area contributed by atoms with Crippen LogP contribution in [0.3, 0.4) is 0 Å². The number of benzene rings is 1. The topological polar surface area (TPSA) is 31.4 Å². The van der Waals surface area contributed by atoms with Crippen LogP contribution in [0.15, 0.2) is 24.4 Å². The average molecular weight is 296 g/mol. The van der Waals surface area contributed by atoms with Crippen molar-refractivity contribution in [2.45, 2.75) is 32.5 Å². The number of hydrogen-bond donors (Lipinski definition) is 0. The number of halogens is 1. The van der Waals surface area contributed by atoms with Crippen LogP contribution in [0.25, 0.3) is 0 Å². The molecule has 100 valence electrons. The van der Waals surface area contributed by atoms with E-state index < -0.39 is 0 Å². The number of hydrogen-bond acceptors (Lipinski definition) is 4. The minimum absolute atomic E-state index is 0.157. The van der Waals surface area contributed by atoms with Crippen LogP contribution in [0.1, 0.15) is 24.3 Å². The molecule has 1 aliphatic heterocycles. The first-order valence-electron chi connectivity index (χ1n) is 6.07. The van der Waals surface area contributed by atoms with Gasteiger partial charge in [0.1, 0.15) is 12.2 Å². The molecule has 1 aromatic carbocycles. The molecular formula is C14H14ClNO2S. The van der Waals surface area contributed by atoms with E-state index in [1.165, 1.54) is 16.9 Å². The molecule has 0 bridgehead atoms. The molecular weight excluding hydrogens is 282 g/mol. The van der Waals surface area contributed by atoms with Crippen molar-refractivity contribution in [2.75, 3.05) is 0 Å². The van der Waals surface area contributed by atoms with Gasteiger partial charge in [-0.1, -0.05) is 23.7 Å². The van der Waals surface area contributed by atoms with Crippen LogP contribution in [0.4, 0.5) is 0 Å². The Morgan fingerprint density at radius 2 is 2.32 bits per heavy atom. The third-order valence-corrected chi connectivity index (χ3v) is 4.04. The van der Waals surface area contributed by atoms with Gasteiger partial charge >= 0.3 is 0 Å². The van der Waals surface area contributed by atoms with E-state index in [9.17, 15) is 0 Å². The van der Waals surface area contributed by atoms with Gasteiger partial charge in [-0.3, -0.25) is 0 Å². The second kappa shape index (κ2) is 4.69. The molecule has 0 unspecified atom stereocenters. The summed E-state index contributed by atoms with van der Waals surface area (Å²) in [6.07, 6.45) is 2.65. The summed E-state index contributed by atoms with van der Waals surface area (Å²) in [7, 11) is 0. The number of rotatable bonds is 3. The third-order valence-electron chi connectivity index (χ3n) is 2.95. The van der Waals surface area contributed by atoms with Crippen LogP contribution >= 0.6 is 22.9 Å². The van der Waals surface area contributed by atoms with Crippen molar-refractivity contribution in [3.8, 4) is 11.5 Å². The molecule has 5 heteroatoms. The van der Waals surface area contributed by atoms with Gasteiger partial charge in [-0.2, -0.15) is 0 Å². The van der Waals surface area contributed by atoms with Gasteiger partial charge in [0.25, 0.3) is 0 Å². The Hall–Kier alpha value is -1.26. The zero-order valence-corrected chi connectivity index (χ0v) is 12.3. The van der Waals surface area contributed by atoms with Crippen LogP contribution in [0.5, 0.6) is 11.5 Å². The van der Waals surface area contributed by atoms with E-state index in [2.05, 4.69) is 24.9 Å². The Balaban J connectivity index is 1.78. The number of ether oxygens (including phenoxy) is 2. The molecule has 0 atom stereocenters. The highest BCUT2D eigenvalue weighted by Crippen LogP contribution is 2.42. The second-order valence-corrected chi connectivity index (χ2v) is 6.85. The van der Waals surface area contributed by atoms with Crippen molar-refractivity contribution in [3.63, 3.8) is 0 Å². The predicted octanol–water partition coefficient (Wildman–Crippen LogP) is 4.09. The van der Waals surface area contributed by atoms with Gasteiger partial charge in [-0.25, -0.2) is 4.98 Å². The molecule has 0 saturated carbocycles. The van der Waals surface area contributed by atoms with Gasteiger partial charge in [-0.05, 0) is 19.9 Å². The summed E-state index contributed by atoms with van der Waals surface area (Å²) >= 11 is 7.23. The molecule has 0 N–H and O–H groups in total. The maximum atomic E-state index is 5.96. The molecule has 0 aliphatic carbocycles. The molecule has 19 heavy (non-hydrogen) atoms. The molecule has 1 aromatic heterocycles. The first-order chi connectivity index (χ1) is 9.03. The summed E-state index contributed by atoms with van der Waals surface area (Å²) in [4.78, 5) is 5.00. The monoisotopic (exact) mass is 295 g/mol. The van der Waals surface area contributed by atoms with Crippen molar-refractivity contribution in [1.29, 1.82) is 0 Å². The van der Waals surface area contributed by atoms with Gasteiger partial charge in [0.05, 0.1) is 4.88 Å². The fourth-order valence-corrected chi connectivity index (χ4v) is 3.09. The summed E-state index contributed by atoms with van der Waals surface area (Å²) in [5, 5.41) is 0. The first kappa shape index (κ1) is 12.8. The number of para-hydroxylation sites is 1. The Bertz CT molecular complexity index is 609. The zero-order chi connectivity index (χ0) is 13.5. The highest BCUT2D eigenvalue weighted by Gasteiger charge is 2.32. The van der Waals surface area contributed by atoms with Gasteiger partial charge in [0.2, 0.25) is 0 Å². The van der Waals surface area contributed by atoms with E-state index in [0.717, 1.165) is 22.8 Å². The summed E-state index contributed by atoms with van der Waals surface area (Å²) in [5.41, 5.74) is 1.04. The first-order valence-corrected chi connectivity index (χ1v) is 7.27. The molecule has 1 aliphatic rings. The van der Waals surface area contributed by atoms with Gasteiger partial charge in [0, 0.05) is 18.2 Å². The zero-order valence-electron chi connectivity index (χ0n) is 10.8. The summed E-state index contributed by atoms with van der Waals surface area (Å²) in [6.45, 7) is 4.63. The Morgan fingerprint density at radius 1 is 1.47 bits per heavy atom. The lowest BCUT2D eigenvalue weighted by Gasteiger charge is -2.18. The molecule has 0 radical (unpaired) electrons. The van der Waals surface area contributed by atoms with Crippen molar-refractivity contribution < 1.29 is 9.47 Å². The van der Waals surface area contributed by atoms with E-state index in [1.807, 2.05) is 12.1 Å². The largest absolute Gasteiger partial charge is 0.484 e. The van der Waals surface area contributed by atoms with Crippen molar-refractivity contribution in [1.82, 2.24) is 4.98 Å². The van der Waals surface area contributed by atoms with Crippen LogP contribution in [-0.4, -0.2) is 10.6 Å². The van der Waals surface area contributed by atoms with E-state index in [0.29, 0.717) is 11.1 Å². The Labute approximate surface area is 121 Å². The highest BCUT2D eigenvalue weighted by atomic mass is 35.5. The van der Waals surface area contributed by atoms with E-state index in [-0.39, 0.29) is 5.60 Å². The fourth-order valence-electron chi connectivity index (χ4n) is 2.20. The highest BCUT2D eigenvalue weighted by molar-refractivity contribution is 7.15. The quantitative estimate of drug-likeness (QED) is 0.854. The lowest BCUT2D eigenvalue weighted by Crippen LogP contribution is -2.24. The maximum absolute atomic E-state index is 5.96. The standard InChI is InChI=1S/C14H14ClNO2S/c1-14(2)6-9-4-3-5-11(12(9)18-14)17-8-10-7-16-13(15)19-10/h3-5,7H,6,8H2,1-2H3. The van der Waals surface area contributed by atoms with Crippen molar-refractivity contribution >= 4 is 22.9 Å². The molecule has 2 aromatic rings. The van der Waals surface area contributed by atoms with Crippen molar-refractivity contribution in [2.24, 2.45) is 0 Å². The normalized spacial score (nSPS) is 15.9. The van der Waals surface area contributed by atoms with Gasteiger partial charge < -0.3 is 9.47 Å². The lowest BCUT2D eigenvalue weighted by molar-refractivity contribution is 0.131. The molecule has 0 saturated heterocycles. The fraction of sp³-hybridized carbons (Fsp3) is 0.357. The average Bonchev–Trinajstić information content (AvgIpc) is 2.88. The Kier molecular flexibility index (Phi) is 3.15. The summed E-state index contributed by atoms with van der Waals surface area (Å²) < 4.78 is 12.3. The minimum Gasteiger partial charge on any atom is -0.484 e. The third kappa shape index (κ3) is 2.69. The predicted molar refractivity (Wildman–Crippen MR) is 76.3 cm³/mol. The summed E-state index contributed by atoms with van der Waals surface area (Å²) in [5.74, 6) is 1.65. The molecule has 0 spiro atoms. The van der Waals surface area contributed by atoms with E-state index >= 15 is 0 Å². The van der Waals surface area contributed by atoms with Crippen LogP contribution < -0.4 is 9.47 Å². The molecule has 3 nitrogen and oxygen atoms in total. The maximum Gasteiger partial charge on any atom is 0.183 e. The van der Waals surface area contributed by atoms with Gasteiger partial charge in [0.15, 0.2) is 16.0 Å². The molecule has 0 fully saturated rings. The van der Waals surface area contributed by atoms with E-state index in [4.69, 9.17) is 21.1 Å².